The van der Waals surface area contributed by atoms with Gasteiger partial charge in [0.1, 0.15) is 12.4 Å². The van der Waals surface area contributed by atoms with E-state index >= 15 is 0 Å². The molecule has 0 unspecified atom stereocenters. The quantitative estimate of drug-likeness (QED) is 0.137. The number of cyclic esters (lactones) is 1. The van der Waals surface area contributed by atoms with E-state index in [2.05, 4.69) is 27.6 Å². The average Bonchev–Trinajstić information content (AvgIpc) is 3.13. The number of nitro benzene ring substituents is 1. The van der Waals surface area contributed by atoms with Crippen molar-refractivity contribution in [2.45, 2.75) is 13.5 Å². The monoisotopic (exact) mass is 540 g/mol. The van der Waals surface area contributed by atoms with E-state index in [0.717, 1.165) is 14.7 Å². The molecule has 3 aromatic rings. The Balaban J connectivity index is 1.57. The third-order valence-corrected chi connectivity index (χ3v) is 5.92. The zero-order valence-corrected chi connectivity index (χ0v) is 19.1. The van der Waals surface area contributed by atoms with Gasteiger partial charge in [0.25, 0.3) is 5.69 Å². The van der Waals surface area contributed by atoms with Gasteiger partial charge in [-0.3, -0.25) is 10.1 Å². The predicted molar refractivity (Wildman–Crippen MR) is 128 cm³/mol. The number of hydrogen-bond acceptors (Lipinski definition) is 6. The van der Waals surface area contributed by atoms with Crippen LogP contribution >= 0.6 is 22.6 Å². The van der Waals surface area contributed by atoms with E-state index in [1.54, 1.807) is 19.1 Å². The number of esters is 1. The number of aliphatic imine (C=N–C) groups is 1. The average molecular weight is 540 g/mol. The van der Waals surface area contributed by atoms with Gasteiger partial charge in [0.05, 0.1) is 4.92 Å². The molecule has 0 spiro atoms. The van der Waals surface area contributed by atoms with E-state index in [-0.39, 0.29) is 17.3 Å². The largest absolute Gasteiger partial charge is 0.489 e. The number of halogens is 1. The molecule has 8 heteroatoms. The van der Waals surface area contributed by atoms with Crippen molar-refractivity contribution in [3.8, 4) is 5.75 Å². The van der Waals surface area contributed by atoms with Gasteiger partial charge in [-0.1, -0.05) is 36.4 Å². The smallest absolute Gasteiger partial charge is 0.363 e. The normalized spacial score (nSPS) is 14.2. The summed E-state index contributed by atoms with van der Waals surface area (Å²) in [5.74, 6) is 0.0914. The lowest BCUT2D eigenvalue weighted by Crippen LogP contribution is -2.08. The molecule has 0 radical (unpaired) electrons. The molecule has 160 valence electrons. The number of nitrogens with zero attached hydrogens (tertiary/aromatic N) is 2. The first-order valence-electron chi connectivity index (χ1n) is 9.65. The van der Waals surface area contributed by atoms with Crippen molar-refractivity contribution in [1.29, 1.82) is 0 Å². The first kappa shape index (κ1) is 21.7. The van der Waals surface area contributed by atoms with E-state index < -0.39 is 10.9 Å². The van der Waals surface area contributed by atoms with E-state index in [1.165, 1.54) is 12.1 Å². The van der Waals surface area contributed by atoms with Crippen molar-refractivity contribution in [2.75, 3.05) is 0 Å². The fourth-order valence-electron chi connectivity index (χ4n) is 3.21. The first-order valence-corrected chi connectivity index (χ1v) is 10.7. The number of nitro groups is 1. The molecule has 0 bridgehead atoms. The van der Waals surface area contributed by atoms with Gasteiger partial charge in [-0.25, -0.2) is 9.79 Å². The summed E-state index contributed by atoms with van der Waals surface area (Å²) in [5, 5.41) is 11.2. The number of benzene rings is 3. The van der Waals surface area contributed by atoms with Crippen molar-refractivity contribution in [3.63, 3.8) is 0 Å². The molecule has 0 atom stereocenters. The zero-order chi connectivity index (χ0) is 22.7. The summed E-state index contributed by atoms with van der Waals surface area (Å²) in [6.45, 7) is 2.02. The Kier molecular flexibility index (Phi) is 6.31. The molecule has 4 rings (SSSR count). The van der Waals surface area contributed by atoms with Crippen molar-refractivity contribution in [3.05, 3.63) is 108 Å². The topological polar surface area (TPSA) is 91.0 Å². The number of rotatable bonds is 6. The van der Waals surface area contributed by atoms with E-state index in [9.17, 15) is 14.9 Å². The molecular weight excluding hydrogens is 523 g/mol. The minimum absolute atomic E-state index is 0.0495. The molecule has 0 amide bonds. The highest BCUT2D eigenvalue weighted by Gasteiger charge is 2.27. The van der Waals surface area contributed by atoms with Crippen molar-refractivity contribution in [1.82, 2.24) is 0 Å². The van der Waals surface area contributed by atoms with Gasteiger partial charge in [0.2, 0.25) is 5.90 Å². The third kappa shape index (κ3) is 4.70. The van der Waals surface area contributed by atoms with Crippen LogP contribution in [0.4, 0.5) is 5.69 Å². The van der Waals surface area contributed by atoms with Gasteiger partial charge in [0, 0.05) is 26.3 Å². The van der Waals surface area contributed by atoms with Crippen molar-refractivity contribution >= 4 is 46.2 Å². The summed E-state index contributed by atoms with van der Waals surface area (Å²) in [6.07, 6.45) is 1.60. The minimum atomic E-state index is -0.615. The lowest BCUT2D eigenvalue weighted by Gasteiger charge is -2.08. The van der Waals surface area contributed by atoms with Crippen LogP contribution in [0.1, 0.15) is 22.3 Å². The summed E-state index contributed by atoms with van der Waals surface area (Å²) in [7, 11) is 0. The second-order valence-electron chi connectivity index (χ2n) is 7.00. The van der Waals surface area contributed by atoms with Crippen LogP contribution in [0.5, 0.6) is 5.75 Å². The minimum Gasteiger partial charge on any atom is -0.489 e. The van der Waals surface area contributed by atoms with Crippen molar-refractivity contribution < 1.29 is 19.2 Å². The standard InChI is InChI=1S/C24H17IN2O5/c1-15-19(9-5-11-22(15)27(29)30)23-26-21(24(28)32-23)13-16-6-4-8-18(12-16)31-14-17-7-2-3-10-20(17)25/h2-13H,14H2,1H3/b21-13-. The SMILES string of the molecule is Cc1c(C2=N/C(=C\c3cccc(OCc4ccccc4I)c3)C(=O)O2)cccc1[N+](=O)[O-]. The molecule has 0 N–H and O–H groups in total. The second-order valence-corrected chi connectivity index (χ2v) is 8.16. The lowest BCUT2D eigenvalue weighted by atomic mass is 10.1. The molecule has 0 aliphatic carbocycles. The molecule has 0 saturated carbocycles. The summed E-state index contributed by atoms with van der Waals surface area (Å²) in [4.78, 5) is 27.3. The van der Waals surface area contributed by atoms with Crippen LogP contribution in [-0.2, 0) is 16.1 Å². The van der Waals surface area contributed by atoms with Crippen LogP contribution in [0.15, 0.2) is 77.4 Å². The number of ether oxygens (including phenoxy) is 2. The third-order valence-electron chi connectivity index (χ3n) is 4.87. The molecule has 1 aliphatic heterocycles. The summed E-state index contributed by atoms with van der Waals surface area (Å²) in [6, 6.07) is 19.8. The summed E-state index contributed by atoms with van der Waals surface area (Å²) in [5.41, 5.74) is 2.65. The second kappa shape index (κ2) is 9.31. The molecule has 1 aliphatic rings. The summed E-state index contributed by atoms with van der Waals surface area (Å²) < 4.78 is 12.3. The fourth-order valence-corrected chi connectivity index (χ4v) is 3.75. The Labute approximate surface area is 197 Å². The van der Waals surface area contributed by atoms with Crippen LogP contribution < -0.4 is 4.74 Å². The predicted octanol–water partition coefficient (Wildman–Crippen LogP) is 5.43. The maximum absolute atomic E-state index is 12.4. The molecule has 3 aromatic carbocycles. The lowest BCUT2D eigenvalue weighted by molar-refractivity contribution is -0.385. The molecule has 32 heavy (non-hydrogen) atoms. The number of hydrogen-bond donors (Lipinski definition) is 0. The van der Waals surface area contributed by atoms with Gasteiger partial charge in [-0.05, 0) is 65.4 Å². The van der Waals surface area contributed by atoms with E-state index in [1.807, 2.05) is 48.5 Å². The number of carbonyl (C=O) groups excluding carboxylic acids is 1. The maximum atomic E-state index is 12.4. The van der Waals surface area contributed by atoms with E-state index in [0.29, 0.717) is 23.5 Å². The maximum Gasteiger partial charge on any atom is 0.363 e. The van der Waals surface area contributed by atoms with Gasteiger partial charge < -0.3 is 9.47 Å². The Hall–Kier alpha value is -3.53. The molecular formula is C24H17IN2O5. The van der Waals surface area contributed by atoms with Crippen molar-refractivity contribution in [2.24, 2.45) is 4.99 Å². The molecule has 1 heterocycles. The van der Waals surface area contributed by atoms with E-state index in [4.69, 9.17) is 9.47 Å². The fraction of sp³-hybridized carbons (Fsp3) is 0.0833. The van der Waals surface area contributed by atoms with Gasteiger partial charge in [-0.15, -0.1) is 0 Å². The van der Waals surface area contributed by atoms with Crippen LogP contribution in [0.2, 0.25) is 0 Å². The summed E-state index contributed by atoms with van der Waals surface area (Å²) >= 11 is 2.27. The highest BCUT2D eigenvalue weighted by Crippen LogP contribution is 2.26. The Bertz CT molecular complexity index is 1280. The number of carbonyl (C=O) groups is 1. The zero-order valence-electron chi connectivity index (χ0n) is 16.9. The molecule has 0 aromatic heterocycles. The molecule has 0 fully saturated rings. The van der Waals surface area contributed by atoms with Crippen LogP contribution in [0.25, 0.3) is 6.08 Å². The highest BCUT2D eigenvalue weighted by molar-refractivity contribution is 14.1. The molecule has 7 nitrogen and oxygen atoms in total. The van der Waals surface area contributed by atoms with Gasteiger partial charge in [-0.2, -0.15) is 0 Å². The van der Waals surface area contributed by atoms with Gasteiger partial charge in [0.15, 0.2) is 5.70 Å². The van der Waals surface area contributed by atoms with Crippen LogP contribution in [0.3, 0.4) is 0 Å². The van der Waals surface area contributed by atoms with Gasteiger partial charge >= 0.3 is 5.97 Å². The van der Waals surface area contributed by atoms with Crippen LogP contribution in [0, 0.1) is 20.6 Å². The van der Waals surface area contributed by atoms with Crippen LogP contribution in [-0.4, -0.2) is 16.8 Å². The Morgan fingerprint density at radius 2 is 1.91 bits per heavy atom. The first-order chi connectivity index (χ1) is 15.4. The molecule has 0 saturated heterocycles. The Morgan fingerprint density at radius 1 is 1.12 bits per heavy atom. The Morgan fingerprint density at radius 3 is 2.69 bits per heavy atom. The highest BCUT2D eigenvalue weighted by atomic mass is 127.